The Morgan fingerprint density at radius 1 is 1.44 bits per heavy atom. The molecule has 0 saturated heterocycles. The Morgan fingerprint density at radius 2 is 2.06 bits per heavy atom. The van der Waals surface area contributed by atoms with Crippen molar-refractivity contribution in [2.24, 2.45) is 0 Å². The molecule has 0 bridgehead atoms. The van der Waals surface area contributed by atoms with Crippen LogP contribution in [0.5, 0.6) is 5.75 Å². The molecule has 0 spiro atoms. The van der Waals surface area contributed by atoms with Crippen molar-refractivity contribution in [1.29, 1.82) is 0 Å². The Kier molecular flexibility index (Phi) is 4.24. The topological polar surface area (TPSA) is 26.3 Å². The number of carbonyl (C=O) groups is 1. The van der Waals surface area contributed by atoms with Gasteiger partial charge in [-0.05, 0) is 13.0 Å². The van der Waals surface area contributed by atoms with Gasteiger partial charge in [-0.2, -0.15) is 0 Å². The first kappa shape index (κ1) is 12.9. The molecule has 0 aliphatic carbocycles. The summed E-state index contributed by atoms with van der Waals surface area (Å²) in [4.78, 5) is 11.7. The zero-order valence-electron chi connectivity index (χ0n) is 8.84. The molecule has 0 aliphatic rings. The number of benzene rings is 1. The van der Waals surface area contributed by atoms with Gasteiger partial charge in [0, 0.05) is 5.56 Å². The smallest absolute Gasteiger partial charge is 0.264 e. The van der Waals surface area contributed by atoms with Crippen LogP contribution in [0.15, 0.2) is 18.2 Å². The molecular formula is C11H11ClF2O2. The number of Topliss-reactive ketones (excluding diaryl/α,β-unsaturated/α-hetero) is 1. The molecule has 1 aromatic carbocycles. The summed E-state index contributed by atoms with van der Waals surface area (Å²) in [5.41, 5.74) is -0.487. The molecule has 88 valence electrons. The van der Waals surface area contributed by atoms with E-state index >= 15 is 0 Å². The molecule has 16 heavy (non-hydrogen) atoms. The van der Waals surface area contributed by atoms with E-state index in [9.17, 15) is 13.6 Å². The zero-order chi connectivity index (χ0) is 12.3. The van der Waals surface area contributed by atoms with Gasteiger partial charge in [0.05, 0.1) is 18.1 Å². The first-order valence-corrected chi connectivity index (χ1v) is 5.06. The van der Waals surface area contributed by atoms with Crippen molar-refractivity contribution in [3.8, 4) is 5.75 Å². The van der Waals surface area contributed by atoms with Crippen LogP contribution in [-0.4, -0.2) is 18.3 Å². The maximum absolute atomic E-state index is 12.7. The summed E-state index contributed by atoms with van der Waals surface area (Å²) in [5.74, 6) is -0.440. The average molecular weight is 249 g/mol. The molecular weight excluding hydrogens is 238 g/mol. The summed E-state index contributed by atoms with van der Waals surface area (Å²) in [6.07, 6.45) is -2.73. The third kappa shape index (κ3) is 2.50. The summed E-state index contributed by atoms with van der Waals surface area (Å²) < 4.78 is 30.3. The number of carbonyl (C=O) groups excluding carboxylic acids is 1. The number of ether oxygens (including phenoxy) is 1. The highest BCUT2D eigenvalue weighted by molar-refractivity contribution is 6.34. The quantitative estimate of drug-likeness (QED) is 0.603. The van der Waals surface area contributed by atoms with Crippen molar-refractivity contribution in [3.63, 3.8) is 0 Å². The van der Waals surface area contributed by atoms with E-state index in [1.165, 1.54) is 32.2 Å². The average Bonchev–Trinajstić information content (AvgIpc) is 2.26. The van der Waals surface area contributed by atoms with Crippen molar-refractivity contribution in [3.05, 3.63) is 29.3 Å². The lowest BCUT2D eigenvalue weighted by molar-refractivity contribution is 0.0974. The number of alkyl halides is 3. The van der Waals surface area contributed by atoms with Gasteiger partial charge >= 0.3 is 0 Å². The van der Waals surface area contributed by atoms with E-state index in [2.05, 4.69) is 0 Å². The van der Waals surface area contributed by atoms with Crippen molar-refractivity contribution < 1.29 is 18.3 Å². The highest BCUT2D eigenvalue weighted by Gasteiger charge is 2.24. The van der Waals surface area contributed by atoms with Crippen LogP contribution < -0.4 is 4.74 Å². The standard InChI is InChI=1S/C11H11ClF2O2/c1-6(12)10(15)9-7(11(13)14)4-3-5-8(9)16-2/h3-6,11H,1-2H3. The minimum atomic E-state index is -2.73. The number of rotatable bonds is 4. The summed E-state index contributed by atoms with van der Waals surface area (Å²) in [7, 11) is 1.32. The lowest BCUT2D eigenvalue weighted by Gasteiger charge is -2.13. The number of halogens is 3. The van der Waals surface area contributed by atoms with Crippen molar-refractivity contribution in [2.45, 2.75) is 18.7 Å². The predicted molar refractivity (Wildman–Crippen MR) is 57.6 cm³/mol. The van der Waals surface area contributed by atoms with Gasteiger partial charge in [0.25, 0.3) is 6.43 Å². The van der Waals surface area contributed by atoms with Crippen LogP contribution in [0.1, 0.15) is 29.3 Å². The number of methoxy groups -OCH3 is 1. The molecule has 0 aromatic heterocycles. The molecule has 0 N–H and O–H groups in total. The highest BCUT2D eigenvalue weighted by Crippen LogP contribution is 2.31. The van der Waals surface area contributed by atoms with Gasteiger partial charge in [0.1, 0.15) is 5.75 Å². The fraction of sp³-hybridized carbons (Fsp3) is 0.364. The highest BCUT2D eigenvalue weighted by atomic mass is 35.5. The molecule has 2 nitrogen and oxygen atoms in total. The lowest BCUT2D eigenvalue weighted by atomic mass is 10.0. The monoisotopic (exact) mass is 248 g/mol. The lowest BCUT2D eigenvalue weighted by Crippen LogP contribution is -2.14. The molecule has 0 amide bonds. The van der Waals surface area contributed by atoms with E-state index in [0.717, 1.165) is 0 Å². The van der Waals surface area contributed by atoms with Crippen LogP contribution in [0, 0.1) is 0 Å². The van der Waals surface area contributed by atoms with Gasteiger partial charge in [-0.15, -0.1) is 11.6 Å². The van der Waals surface area contributed by atoms with Crippen molar-refractivity contribution in [2.75, 3.05) is 7.11 Å². The second-order valence-electron chi connectivity index (χ2n) is 3.21. The van der Waals surface area contributed by atoms with Crippen LogP contribution in [-0.2, 0) is 0 Å². The van der Waals surface area contributed by atoms with Gasteiger partial charge in [0.2, 0.25) is 0 Å². The largest absolute Gasteiger partial charge is 0.496 e. The molecule has 0 radical (unpaired) electrons. The van der Waals surface area contributed by atoms with Crippen LogP contribution in [0.3, 0.4) is 0 Å². The molecule has 0 heterocycles. The molecule has 0 fully saturated rings. The van der Waals surface area contributed by atoms with E-state index < -0.39 is 17.6 Å². The SMILES string of the molecule is COc1cccc(C(F)F)c1C(=O)C(C)Cl. The Morgan fingerprint density at radius 3 is 2.50 bits per heavy atom. The van der Waals surface area contributed by atoms with Crippen LogP contribution in [0.25, 0.3) is 0 Å². The normalized spacial score (nSPS) is 12.6. The van der Waals surface area contributed by atoms with E-state index in [4.69, 9.17) is 16.3 Å². The first-order valence-electron chi connectivity index (χ1n) is 4.62. The van der Waals surface area contributed by atoms with Gasteiger partial charge in [-0.1, -0.05) is 12.1 Å². The van der Waals surface area contributed by atoms with Gasteiger partial charge in [-0.3, -0.25) is 4.79 Å². The Hall–Kier alpha value is -1.16. The molecule has 1 aromatic rings. The van der Waals surface area contributed by atoms with E-state index in [1.54, 1.807) is 0 Å². The van der Waals surface area contributed by atoms with Crippen LogP contribution in [0.2, 0.25) is 0 Å². The Bertz CT molecular complexity index is 392. The van der Waals surface area contributed by atoms with E-state index in [1.807, 2.05) is 0 Å². The summed E-state index contributed by atoms with van der Waals surface area (Å²) in [6.45, 7) is 1.44. The minimum Gasteiger partial charge on any atom is -0.496 e. The summed E-state index contributed by atoms with van der Waals surface area (Å²) in [5, 5.41) is -0.867. The molecule has 1 atom stereocenters. The molecule has 0 saturated carbocycles. The van der Waals surface area contributed by atoms with Crippen molar-refractivity contribution in [1.82, 2.24) is 0 Å². The molecule has 1 rings (SSSR count). The molecule has 0 aliphatic heterocycles. The molecule has 5 heteroatoms. The third-order valence-corrected chi connectivity index (χ3v) is 2.32. The minimum absolute atomic E-state index is 0.121. The Labute approximate surface area is 97.2 Å². The maximum atomic E-state index is 12.7. The van der Waals surface area contributed by atoms with Gasteiger partial charge in [0.15, 0.2) is 5.78 Å². The maximum Gasteiger partial charge on any atom is 0.264 e. The number of hydrogen-bond acceptors (Lipinski definition) is 2. The number of hydrogen-bond donors (Lipinski definition) is 0. The van der Waals surface area contributed by atoms with Gasteiger partial charge in [-0.25, -0.2) is 8.78 Å². The second kappa shape index (κ2) is 5.25. The van der Waals surface area contributed by atoms with E-state index in [0.29, 0.717) is 0 Å². The third-order valence-electron chi connectivity index (χ3n) is 2.12. The zero-order valence-corrected chi connectivity index (χ0v) is 9.59. The van der Waals surface area contributed by atoms with E-state index in [-0.39, 0.29) is 16.9 Å². The van der Waals surface area contributed by atoms with Crippen LogP contribution >= 0.6 is 11.6 Å². The fourth-order valence-corrected chi connectivity index (χ4v) is 1.47. The summed E-state index contributed by atoms with van der Waals surface area (Å²) >= 11 is 5.62. The number of ketones is 1. The molecule has 1 unspecified atom stereocenters. The van der Waals surface area contributed by atoms with Crippen molar-refractivity contribution >= 4 is 17.4 Å². The van der Waals surface area contributed by atoms with Gasteiger partial charge < -0.3 is 4.74 Å². The Balaban J connectivity index is 3.36. The fourth-order valence-electron chi connectivity index (χ4n) is 1.36. The van der Waals surface area contributed by atoms with Crippen LogP contribution in [0.4, 0.5) is 8.78 Å². The predicted octanol–water partition coefficient (Wildman–Crippen LogP) is 3.44. The second-order valence-corrected chi connectivity index (χ2v) is 3.86. The first-order chi connectivity index (χ1) is 7.49. The summed E-state index contributed by atoms with van der Waals surface area (Å²) in [6, 6.07) is 4.06.